The minimum atomic E-state index is -4.66. The molecule has 0 aromatic rings. The van der Waals surface area contributed by atoms with E-state index in [0.29, 0.717) is 17.4 Å². The molecule has 96 heavy (non-hydrogen) atoms. The summed E-state index contributed by atoms with van der Waals surface area (Å²) in [6, 6.07) is 0. The van der Waals surface area contributed by atoms with Gasteiger partial charge in [-0.2, -0.15) is 0 Å². The molecule has 0 radical (unpaired) electrons. The van der Waals surface area contributed by atoms with Crippen LogP contribution in [0.25, 0.3) is 0 Å². The highest BCUT2D eigenvalue weighted by Crippen LogP contribution is 2.38. The number of rotatable bonds is 70. The third-order valence-corrected chi connectivity index (χ3v) is 17.2. The van der Waals surface area contributed by atoms with Gasteiger partial charge < -0.3 is 27.9 Å². The van der Waals surface area contributed by atoms with Gasteiger partial charge in [-0.15, -0.1) is 0 Å². The lowest BCUT2D eigenvalue weighted by Crippen LogP contribution is -2.37. The summed E-state index contributed by atoms with van der Waals surface area (Å²) in [6.45, 7) is 4.00. The molecule has 9 nitrogen and oxygen atoms in total. The first kappa shape index (κ1) is 91.4. The second-order valence-corrected chi connectivity index (χ2v) is 28.0. The van der Waals surface area contributed by atoms with E-state index in [2.05, 4.69) is 184 Å². The van der Waals surface area contributed by atoms with Crippen molar-refractivity contribution < 1.29 is 42.1 Å². The maximum Gasteiger partial charge on any atom is 0.306 e. The first-order valence-electron chi connectivity index (χ1n) is 38.8. The van der Waals surface area contributed by atoms with E-state index in [1.54, 1.807) is 0 Å². The van der Waals surface area contributed by atoms with Crippen LogP contribution in [-0.4, -0.2) is 70.0 Å². The highest BCUT2D eigenvalue weighted by atomic mass is 31.2. The van der Waals surface area contributed by atoms with Gasteiger partial charge in [0, 0.05) is 12.8 Å². The average molecular weight is 1350 g/mol. The molecule has 0 aliphatic carbocycles. The minimum Gasteiger partial charge on any atom is -0.756 e. The van der Waals surface area contributed by atoms with Gasteiger partial charge in [-0.3, -0.25) is 14.2 Å². The summed E-state index contributed by atoms with van der Waals surface area (Å²) in [7, 11) is 1.14. The number of carbonyl (C=O) groups excluding carboxylic acids is 2. The summed E-state index contributed by atoms with van der Waals surface area (Å²) in [6.07, 6.45) is 113. The van der Waals surface area contributed by atoms with E-state index in [-0.39, 0.29) is 32.0 Å². The maximum absolute atomic E-state index is 12.9. The molecule has 0 fully saturated rings. The summed E-state index contributed by atoms with van der Waals surface area (Å²) in [5.41, 5.74) is 0. The van der Waals surface area contributed by atoms with Gasteiger partial charge in [-0.1, -0.05) is 338 Å². The topological polar surface area (TPSA) is 111 Å². The number of nitrogens with zero attached hydrogens (tertiary/aromatic N) is 1. The van der Waals surface area contributed by atoms with Crippen LogP contribution in [0.2, 0.25) is 0 Å². The Bertz CT molecular complexity index is 2230. The number of ether oxygens (including phenoxy) is 2. The second-order valence-electron chi connectivity index (χ2n) is 26.6. The first-order chi connectivity index (χ1) is 47.0. The molecule has 0 rings (SSSR count). The van der Waals surface area contributed by atoms with E-state index in [0.717, 1.165) is 148 Å². The molecule has 0 aliphatic rings. The van der Waals surface area contributed by atoms with Gasteiger partial charge in [-0.05, 0) is 128 Å². The predicted octanol–water partition coefficient (Wildman–Crippen LogP) is 25.4. The fraction of sp³-hybridized carbons (Fsp3) is 0.651. The molecule has 0 bridgehead atoms. The Balaban J connectivity index is 4.02. The first-order valence-corrected chi connectivity index (χ1v) is 40.3. The van der Waals surface area contributed by atoms with Gasteiger partial charge in [0.05, 0.1) is 27.7 Å². The monoisotopic (exact) mass is 1350 g/mol. The maximum atomic E-state index is 12.9. The van der Waals surface area contributed by atoms with Crippen molar-refractivity contribution in [2.75, 3.05) is 47.5 Å². The van der Waals surface area contributed by atoms with Crippen molar-refractivity contribution in [1.29, 1.82) is 0 Å². The Hall–Kier alpha value is -4.63. The van der Waals surface area contributed by atoms with Crippen molar-refractivity contribution in [3.05, 3.63) is 170 Å². The lowest BCUT2D eigenvalue weighted by atomic mass is 10.0. The number of phosphoric ester groups is 1. The number of hydrogen-bond donors (Lipinski definition) is 0. The van der Waals surface area contributed by atoms with Gasteiger partial charge in [0.15, 0.2) is 6.10 Å². The molecule has 0 N–H and O–H groups in total. The Morgan fingerprint density at radius 2 is 0.562 bits per heavy atom. The van der Waals surface area contributed by atoms with E-state index < -0.39 is 26.5 Å². The molecule has 0 spiro atoms. The van der Waals surface area contributed by atoms with E-state index in [4.69, 9.17) is 18.5 Å². The Kier molecular flexibility index (Phi) is 71.0. The SMILES string of the molecule is CC/C=C\C/C=C\C/C=C\C/C=C\C/C=C\C/C=C\C/C=C\C/C=C\CCCCCCCCC(=O)OC(COC(=O)CCCCCCCCCCCCCCCCCCCCCCCC/C=C\C/C=C\C/C=C\C/C=C\C/C=C\C/C=C\CC)COP(=O)([O-])OCC[N+](C)(C)C. The van der Waals surface area contributed by atoms with Crippen molar-refractivity contribution in [1.82, 2.24) is 0 Å². The summed E-state index contributed by atoms with van der Waals surface area (Å²) in [4.78, 5) is 38.2. The van der Waals surface area contributed by atoms with Crippen LogP contribution in [0.4, 0.5) is 0 Å². The van der Waals surface area contributed by atoms with Crippen LogP contribution in [0.15, 0.2) is 170 Å². The van der Waals surface area contributed by atoms with E-state index in [1.165, 1.54) is 128 Å². The zero-order valence-corrected chi connectivity index (χ0v) is 63.2. The number of esters is 2. The molecule has 546 valence electrons. The number of phosphoric acid groups is 1. The van der Waals surface area contributed by atoms with Crippen LogP contribution in [0.5, 0.6) is 0 Å². The van der Waals surface area contributed by atoms with Crippen molar-refractivity contribution in [2.45, 2.75) is 315 Å². The molecule has 2 unspecified atom stereocenters. The molecule has 0 saturated heterocycles. The average Bonchev–Trinajstić information content (AvgIpc) is 1.97. The Morgan fingerprint density at radius 1 is 0.323 bits per heavy atom. The lowest BCUT2D eigenvalue weighted by molar-refractivity contribution is -0.870. The lowest BCUT2D eigenvalue weighted by Gasteiger charge is -2.28. The third kappa shape index (κ3) is 78.4. The highest BCUT2D eigenvalue weighted by Gasteiger charge is 2.22. The van der Waals surface area contributed by atoms with E-state index >= 15 is 0 Å². The van der Waals surface area contributed by atoms with Crippen LogP contribution < -0.4 is 4.89 Å². The molecule has 0 heterocycles. The predicted molar refractivity (Wildman–Crippen MR) is 415 cm³/mol. The molecule has 0 aromatic carbocycles. The van der Waals surface area contributed by atoms with Crippen LogP contribution in [-0.2, 0) is 32.7 Å². The largest absolute Gasteiger partial charge is 0.756 e. The highest BCUT2D eigenvalue weighted by molar-refractivity contribution is 7.45. The summed E-state index contributed by atoms with van der Waals surface area (Å²) in [5, 5.41) is 0. The fourth-order valence-corrected chi connectivity index (χ4v) is 11.1. The van der Waals surface area contributed by atoms with Gasteiger partial charge >= 0.3 is 11.9 Å². The van der Waals surface area contributed by atoms with Gasteiger partial charge in [-0.25, -0.2) is 0 Å². The molecular formula is C86H144NO8P. The number of hydrogen-bond acceptors (Lipinski definition) is 8. The Morgan fingerprint density at radius 3 is 0.833 bits per heavy atom. The van der Waals surface area contributed by atoms with E-state index in [1.807, 2.05) is 21.1 Å². The quantitative estimate of drug-likeness (QED) is 0.0195. The number of carbonyl (C=O) groups is 2. The van der Waals surface area contributed by atoms with Crippen LogP contribution in [0.3, 0.4) is 0 Å². The molecule has 2 atom stereocenters. The zero-order valence-electron chi connectivity index (χ0n) is 62.3. The summed E-state index contributed by atoms with van der Waals surface area (Å²) >= 11 is 0. The van der Waals surface area contributed by atoms with Crippen molar-refractivity contribution in [3.63, 3.8) is 0 Å². The minimum absolute atomic E-state index is 0.0406. The standard InChI is InChI=1S/C86H144NO8P/c1-6-8-10-12-14-16-18-20-22-24-26-28-30-32-34-36-38-39-40-41-42-43-44-45-46-47-49-50-52-54-56-58-60-62-64-66-68-70-72-74-76-78-85(88)92-82-84(83-94-96(90,91)93-81-80-87(3,4)5)95-86(89)79-77-75-73-71-69-67-65-63-61-59-57-55-53-51-48-37-35-33-31-29-27-25-23-21-19-17-15-13-11-9-7-2/h8-11,14-17,20-23,26-29,32-35,38-39,48,51,55,57,61,63,84H,6-7,12-13,18-19,24-25,30-31,36-37,40-47,49-50,52-54,56,58-60,62,64-83H2,1-5H3/b10-8-,11-9-,16-14-,17-15-,22-20-,23-21-,28-26-,29-27-,34-32-,35-33-,39-38-,51-48-,57-55-,63-61-. The molecule has 10 heteroatoms. The Labute approximate surface area is 591 Å². The summed E-state index contributed by atoms with van der Waals surface area (Å²) < 4.78 is 34.4. The number of unbranched alkanes of at least 4 members (excludes halogenated alkanes) is 28. The van der Waals surface area contributed by atoms with Gasteiger partial charge in [0.1, 0.15) is 19.8 Å². The fourth-order valence-electron chi connectivity index (χ4n) is 10.4. The molecule has 0 aliphatic heterocycles. The van der Waals surface area contributed by atoms with Crippen LogP contribution in [0.1, 0.15) is 309 Å². The molecular weight excluding hydrogens is 1210 g/mol. The number of allylic oxidation sites excluding steroid dienone is 28. The van der Waals surface area contributed by atoms with Crippen molar-refractivity contribution >= 4 is 19.8 Å². The second kappa shape index (κ2) is 74.6. The smallest absolute Gasteiger partial charge is 0.306 e. The number of quaternary nitrogens is 1. The van der Waals surface area contributed by atoms with Crippen molar-refractivity contribution in [2.24, 2.45) is 0 Å². The zero-order chi connectivity index (χ0) is 69.7. The van der Waals surface area contributed by atoms with Crippen LogP contribution >= 0.6 is 7.82 Å². The third-order valence-electron chi connectivity index (χ3n) is 16.2. The summed E-state index contributed by atoms with van der Waals surface area (Å²) in [5.74, 6) is -0.850. The molecule has 0 amide bonds. The number of likely N-dealkylation sites (N-methyl/N-ethyl adjacent to an activating group) is 1. The van der Waals surface area contributed by atoms with Gasteiger partial charge in [0.25, 0.3) is 7.82 Å². The molecule has 0 saturated carbocycles. The van der Waals surface area contributed by atoms with Gasteiger partial charge in [0.2, 0.25) is 0 Å². The molecule has 0 aromatic heterocycles. The normalized spacial score (nSPS) is 14.0. The van der Waals surface area contributed by atoms with Crippen molar-refractivity contribution in [3.8, 4) is 0 Å². The van der Waals surface area contributed by atoms with E-state index in [9.17, 15) is 19.0 Å². The van der Waals surface area contributed by atoms with Crippen LogP contribution in [0, 0.1) is 0 Å².